The Labute approximate surface area is 252 Å². The van der Waals surface area contributed by atoms with Crippen molar-refractivity contribution in [3.8, 4) is 22.3 Å². The zero-order valence-corrected chi connectivity index (χ0v) is 24.6. The van der Waals surface area contributed by atoms with Crippen LogP contribution in [0.1, 0.15) is 39.6 Å². The van der Waals surface area contributed by atoms with E-state index < -0.39 is 6.09 Å². The lowest BCUT2D eigenvalue weighted by atomic mass is 9.98. The fourth-order valence-electron chi connectivity index (χ4n) is 5.49. The molecule has 7 nitrogen and oxygen atoms in total. The van der Waals surface area contributed by atoms with Gasteiger partial charge in [-0.3, -0.25) is 0 Å². The van der Waals surface area contributed by atoms with E-state index in [0.717, 1.165) is 38.4 Å². The van der Waals surface area contributed by atoms with Gasteiger partial charge in [0.2, 0.25) is 0 Å². The quantitative estimate of drug-likeness (QED) is 0.189. The maximum atomic E-state index is 13.0. The van der Waals surface area contributed by atoms with E-state index in [2.05, 4.69) is 39.7 Å². The fraction of sp³-hybridized carbons (Fsp3) is 0.182. The van der Waals surface area contributed by atoms with E-state index in [-0.39, 0.29) is 25.7 Å². The molecule has 212 valence electrons. The highest BCUT2D eigenvalue weighted by Gasteiger charge is 2.29. The van der Waals surface area contributed by atoms with Gasteiger partial charge in [-0.1, -0.05) is 83.1 Å². The summed E-state index contributed by atoms with van der Waals surface area (Å²) in [5.74, 6) is 0.638. The number of aliphatic hydroxyl groups excluding tert-OH is 1. The van der Waals surface area contributed by atoms with Crippen molar-refractivity contribution in [1.29, 1.82) is 0 Å². The Hall–Kier alpha value is -4.11. The van der Waals surface area contributed by atoms with Crippen molar-refractivity contribution in [2.24, 2.45) is 0 Å². The first-order valence-corrected chi connectivity index (χ1v) is 14.7. The number of hydrogen-bond donors (Lipinski definition) is 2. The third-order valence-electron chi connectivity index (χ3n) is 7.43. The number of benzene rings is 3. The van der Waals surface area contributed by atoms with Crippen molar-refractivity contribution < 1.29 is 19.2 Å². The van der Waals surface area contributed by atoms with Crippen LogP contribution in [0.3, 0.4) is 0 Å². The Balaban J connectivity index is 1.24. The molecule has 2 heterocycles. The number of aliphatic hydroxyl groups is 1. The van der Waals surface area contributed by atoms with Gasteiger partial charge in [0.05, 0.1) is 17.3 Å². The molecule has 0 saturated heterocycles. The number of amides is 1. The number of halogens is 1. The summed E-state index contributed by atoms with van der Waals surface area (Å²) in [6.45, 7) is 3.95. The second kappa shape index (κ2) is 12.0. The van der Waals surface area contributed by atoms with Gasteiger partial charge in [0.15, 0.2) is 0 Å². The average molecular weight is 598 g/mol. The van der Waals surface area contributed by atoms with Gasteiger partial charge in [-0.15, -0.1) is 0 Å². The molecule has 2 N–H and O–H groups in total. The van der Waals surface area contributed by atoms with Crippen LogP contribution in [0.25, 0.3) is 22.3 Å². The normalized spacial score (nSPS) is 12.2. The lowest BCUT2D eigenvalue weighted by Crippen LogP contribution is -2.26. The van der Waals surface area contributed by atoms with Crippen LogP contribution in [0.2, 0.25) is 5.02 Å². The first-order chi connectivity index (χ1) is 20.4. The molecule has 0 spiro atoms. The molecule has 0 unspecified atom stereocenters. The van der Waals surface area contributed by atoms with Gasteiger partial charge in [0, 0.05) is 34.7 Å². The summed E-state index contributed by atoms with van der Waals surface area (Å²) in [4.78, 5) is 18.2. The maximum Gasteiger partial charge on any atom is 0.407 e. The lowest BCUT2D eigenvalue weighted by Gasteiger charge is -2.17. The van der Waals surface area contributed by atoms with Crippen molar-refractivity contribution in [3.05, 3.63) is 118 Å². The van der Waals surface area contributed by atoms with E-state index >= 15 is 0 Å². The summed E-state index contributed by atoms with van der Waals surface area (Å²) in [7, 11) is 0. The van der Waals surface area contributed by atoms with Gasteiger partial charge in [0.1, 0.15) is 17.4 Å². The molecular formula is C33H28ClN3O4S. The number of pyridine rings is 1. The number of fused-ring (bicyclic) bond motifs is 3. The molecule has 1 amide bonds. The van der Waals surface area contributed by atoms with Crippen molar-refractivity contribution >= 4 is 29.5 Å². The highest BCUT2D eigenvalue weighted by molar-refractivity contribution is 7.99. The molecule has 9 heteroatoms. The number of nitrogens with zero attached hydrogens (tertiary/aromatic N) is 2. The van der Waals surface area contributed by atoms with Gasteiger partial charge in [-0.2, -0.15) is 0 Å². The highest BCUT2D eigenvalue weighted by atomic mass is 35.5. The Morgan fingerprint density at radius 1 is 1.02 bits per heavy atom. The smallest absolute Gasteiger partial charge is 0.407 e. The summed E-state index contributed by atoms with van der Waals surface area (Å²) in [6, 6.07) is 23.9. The van der Waals surface area contributed by atoms with Crippen molar-refractivity contribution in [1.82, 2.24) is 15.5 Å². The summed E-state index contributed by atoms with van der Waals surface area (Å²) < 4.78 is 11.2. The zero-order chi connectivity index (χ0) is 29.2. The van der Waals surface area contributed by atoms with Crippen LogP contribution in [-0.4, -0.2) is 27.9 Å². The van der Waals surface area contributed by atoms with E-state index in [0.29, 0.717) is 21.4 Å². The first kappa shape index (κ1) is 28.0. The number of aryl methyl sites for hydroxylation is 2. The molecule has 5 aromatic rings. The summed E-state index contributed by atoms with van der Waals surface area (Å²) in [5, 5.41) is 17.9. The largest absolute Gasteiger partial charge is 0.449 e. The molecule has 1 aliphatic rings. The minimum atomic E-state index is -0.527. The predicted octanol–water partition coefficient (Wildman–Crippen LogP) is 7.69. The molecule has 0 radical (unpaired) electrons. The number of alkyl carbamates (subject to hydrolysis) is 1. The monoisotopic (exact) mass is 597 g/mol. The van der Waals surface area contributed by atoms with E-state index in [1.54, 1.807) is 12.3 Å². The number of rotatable bonds is 8. The van der Waals surface area contributed by atoms with Crippen LogP contribution >= 0.6 is 23.4 Å². The maximum absolute atomic E-state index is 13.0. The second-order valence-corrected chi connectivity index (χ2v) is 11.5. The van der Waals surface area contributed by atoms with Crippen LogP contribution < -0.4 is 5.32 Å². The highest BCUT2D eigenvalue weighted by Crippen LogP contribution is 2.45. The Bertz CT molecular complexity index is 1720. The molecule has 0 aliphatic heterocycles. The molecular weight excluding hydrogens is 570 g/mol. The van der Waals surface area contributed by atoms with E-state index in [9.17, 15) is 9.90 Å². The number of ether oxygens (including phenoxy) is 1. The number of carbonyl (C=O) groups is 1. The molecule has 0 fully saturated rings. The summed E-state index contributed by atoms with van der Waals surface area (Å²) >= 11 is 8.20. The lowest BCUT2D eigenvalue weighted by molar-refractivity contribution is 0.142. The minimum absolute atomic E-state index is 0.0346. The number of nitrogens with one attached hydrogen (secondary N) is 1. The summed E-state index contributed by atoms with van der Waals surface area (Å²) in [5.41, 5.74) is 8.52. The van der Waals surface area contributed by atoms with Gasteiger partial charge < -0.3 is 19.7 Å². The van der Waals surface area contributed by atoms with Gasteiger partial charge in [0.25, 0.3) is 0 Å². The SMILES string of the molecule is Cc1noc(C)c1-c1cc(Cl)c(Sc2ncccc2CO)c(CNC(=O)OCC2c3ccccc3-c3ccccc32)c1. The van der Waals surface area contributed by atoms with Crippen molar-refractivity contribution in [3.63, 3.8) is 0 Å². The molecule has 0 bridgehead atoms. The van der Waals surface area contributed by atoms with Crippen LogP contribution in [0.4, 0.5) is 4.79 Å². The van der Waals surface area contributed by atoms with E-state index in [1.165, 1.54) is 22.9 Å². The molecule has 1 aliphatic carbocycles. The van der Waals surface area contributed by atoms with Crippen LogP contribution in [-0.2, 0) is 17.9 Å². The number of carbonyl (C=O) groups excluding carboxylic acids is 1. The first-order valence-electron chi connectivity index (χ1n) is 13.5. The molecule has 42 heavy (non-hydrogen) atoms. The molecule has 0 atom stereocenters. The Kier molecular flexibility index (Phi) is 8.02. The van der Waals surface area contributed by atoms with Crippen LogP contribution in [0.5, 0.6) is 0 Å². The minimum Gasteiger partial charge on any atom is -0.449 e. The Morgan fingerprint density at radius 2 is 1.74 bits per heavy atom. The topological polar surface area (TPSA) is 97.5 Å². The zero-order valence-electron chi connectivity index (χ0n) is 23.1. The van der Waals surface area contributed by atoms with Crippen molar-refractivity contribution in [2.45, 2.75) is 42.8 Å². The number of aromatic nitrogens is 2. The van der Waals surface area contributed by atoms with Gasteiger partial charge >= 0.3 is 6.09 Å². The van der Waals surface area contributed by atoms with E-state index in [4.69, 9.17) is 20.9 Å². The molecule has 3 aromatic carbocycles. The van der Waals surface area contributed by atoms with Crippen LogP contribution in [0, 0.1) is 13.8 Å². The molecule has 2 aromatic heterocycles. The predicted molar refractivity (Wildman–Crippen MR) is 163 cm³/mol. The third kappa shape index (κ3) is 5.41. The average Bonchev–Trinajstić information content (AvgIpc) is 3.52. The molecule has 6 rings (SSSR count). The van der Waals surface area contributed by atoms with Gasteiger partial charge in [-0.05, 0) is 65.4 Å². The second-order valence-electron chi connectivity index (χ2n) is 10.1. The standard InChI is InChI=1S/C33H28ClN3O4S/c1-19-30(20(2)41-37-19)22-14-23(31(29(34)15-22)42-32-21(17-38)8-7-13-35-32)16-36-33(39)40-18-28-26-11-5-3-9-24(26)25-10-4-6-12-27(25)28/h3-15,28,38H,16-18H2,1-2H3,(H,36,39). The third-order valence-corrected chi connectivity index (χ3v) is 9.09. The summed E-state index contributed by atoms with van der Waals surface area (Å²) in [6.07, 6.45) is 1.14. The Morgan fingerprint density at radius 3 is 2.40 bits per heavy atom. The van der Waals surface area contributed by atoms with Gasteiger partial charge in [-0.25, -0.2) is 9.78 Å². The number of hydrogen-bond acceptors (Lipinski definition) is 7. The molecule has 0 saturated carbocycles. The van der Waals surface area contributed by atoms with Crippen LogP contribution in [0.15, 0.2) is 93.4 Å². The van der Waals surface area contributed by atoms with Crippen molar-refractivity contribution in [2.75, 3.05) is 6.61 Å². The fourth-order valence-corrected chi connectivity index (χ4v) is 6.83. The van der Waals surface area contributed by atoms with E-state index in [1.807, 2.05) is 56.3 Å².